The third-order valence-electron chi connectivity index (χ3n) is 12.0. The first-order chi connectivity index (χ1) is 22.7. The number of rotatable bonds is 6. The first-order valence-corrected chi connectivity index (χ1v) is 19.6. The summed E-state index contributed by atoms with van der Waals surface area (Å²) in [7, 11) is 0. The van der Waals surface area contributed by atoms with Crippen molar-refractivity contribution in [1.29, 1.82) is 0 Å². The lowest BCUT2D eigenvalue weighted by atomic mass is 9.68. The molecule has 0 saturated heterocycles. The molecule has 6 rings (SSSR count). The molecule has 2 unspecified atom stereocenters. The minimum Gasteiger partial charge on any atom is -0.0812 e. The van der Waals surface area contributed by atoms with E-state index in [2.05, 4.69) is 159 Å². The second-order valence-electron chi connectivity index (χ2n) is 15.8. The highest BCUT2D eigenvalue weighted by atomic mass is 127. The fourth-order valence-electron chi connectivity index (χ4n) is 8.86. The van der Waals surface area contributed by atoms with Crippen LogP contribution in [0.1, 0.15) is 136 Å². The molecule has 0 N–H and O–H groups in total. The fraction of sp³-hybridized carbons (Fsp3) is 0.404. The van der Waals surface area contributed by atoms with Crippen molar-refractivity contribution < 1.29 is 0 Å². The lowest BCUT2D eigenvalue weighted by Crippen LogP contribution is -2.22. The molecule has 0 amide bonds. The average molecular weight is 747 g/mol. The molecule has 48 heavy (non-hydrogen) atoms. The maximum Gasteiger partial charge on any atom is 0.0345 e. The predicted octanol–water partition coefficient (Wildman–Crippen LogP) is 13.3. The van der Waals surface area contributed by atoms with E-state index in [0.717, 1.165) is 30.1 Å². The second kappa shape index (κ2) is 13.4. The Morgan fingerprint density at radius 3 is 1.92 bits per heavy atom. The Bertz CT molecular complexity index is 1980. The van der Waals surface area contributed by atoms with Gasteiger partial charge in [0, 0.05) is 16.3 Å². The van der Waals surface area contributed by atoms with Gasteiger partial charge in [-0.05, 0) is 176 Å². The number of hydrogen-bond acceptors (Lipinski definition) is 0. The van der Waals surface area contributed by atoms with Crippen molar-refractivity contribution in [3.63, 3.8) is 0 Å². The van der Waals surface area contributed by atoms with E-state index in [1.54, 1.807) is 11.1 Å². The predicted molar refractivity (Wildman–Crippen MR) is 216 cm³/mol. The summed E-state index contributed by atoms with van der Waals surface area (Å²) in [6.07, 6.45) is 7.00. The Morgan fingerprint density at radius 2 is 1.25 bits per heavy atom. The molecule has 0 heterocycles. The molecule has 0 spiro atoms. The standard InChI is InChI=1S/C47H55I/c1-12-39-24-42(34(9)25-47(39,10)11)46-40-16-15-37(23-36(40)14-13-35-18-28(3)31(6)21-43(35)46)45(41-20-30(5)27(2)17-33(41)8)44-22-32(7)29(4)19-38(44)26-48/h15-24,45-46H,12-14,25-26H2,1-11H3. The van der Waals surface area contributed by atoms with Crippen LogP contribution in [0.4, 0.5) is 0 Å². The Morgan fingerprint density at radius 1 is 0.667 bits per heavy atom. The number of benzene rings is 4. The Hall–Kier alpha value is -2.91. The van der Waals surface area contributed by atoms with Gasteiger partial charge < -0.3 is 0 Å². The maximum absolute atomic E-state index is 2.62. The van der Waals surface area contributed by atoms with Crippen LogP contribution in [0.2, 0.25) is 0 Å². The molecule has 250 valence electrons. The molecule has 0 aliphatic heterocycles. The van der Waals surface area contributed by atoms with E-state index < -0.39 is 0 Å². The highest BCUT2D eigenvalue weighted by molar-refractivity contribution is 14.1. The number of hydrogen-bond donors (Lipinski definition) is 0. The third kappa shape index (κ3) is 6.30. The van der Waals surface area contributed by atoms with E-state index in [1.807, 2.05) is 0 Å². The van der Waals surface area contributed by atoms with Crippen molar-refractivity contribution >= 4 is 22.6 Å². The van der Waals surface area contributed by atoms with Crippen LogP contribution in [0.15, 0.2) is 77.4 Å². The van der Waals surface area contributed by atoms with E-state index >= 15 is 0 Å². The zero-order chi connectivity index (χ0) is 34.7. The summed E-state index contributed by atoms with van der Waals surface area (Å²) in [5.41, 5.74) is 26.4. The SMILES string of the molecule is CCC1=CC(C2c3ccc(C(c4cc(C)c(C)cc4C)c4cc(C)c(C)cc4CI)cc3CCc3cc(C)c(C)cc32)=C(C)CC1(C)C. The molecular weight excluding hydrogens is 691 g/mol. The van der Waals surface area contributed by atoms with Crippen LogP contribution in [0, 0.1) is 53.9 Å². The van der Waals surface area contributed by atoms with Gasteiger partial charge in [0.05, 0.1) is 0 Å². The molecule has 0 fully saturated rings. The van der Waals surface area contributed by atoms with Crippen LogP contribution < -0.4 is 0 Å². The highest BCUT2D eigenvalue weighted by Crippen LogP contribution is 2.49. The molecular formula is C47H55I. The van der Waals surface area contributed by atoms with Gasteiger partial charge in [0.1, 0.15) is 0 Å². The molecule has 2 aliphatic rings. The molecule has 1 heteroatoms. The number of halogens is 1. The van der Waals surface area contributed by atoms with Gasteiger partial charge in [0.2, 0.25) is 0 Å². The van der Waals surface area contributed by atoms with E-state index in [0.29, 0.717) is 0 Å². The quantitative estimate of drug-likeness (QED) is 0.105. The van der Waals surface area contributed by atoms with Crippen LogP contribution in [-0.2, 0) is 17.3 Å². The van der Waals surface area contributed by atoms with Crippen LogP contribution in [0.25, 0.3) is 0 Å². The number of fused-ring (bicyclic) bond motifs is 2. The summed E-state index contributed by atoms with van der Waals surface area (Å²) < 4.78 is 1.01. The first-order valence-electron chi connectivity index (χ1n) is 18.1. The average Bonchev–Trinajstić information content (AvgIpc) is 3.17. The van der Waals surface area contributed by atoms with Crippen LogP contribution in [0.3, 0.4) is 0 Å². The molecule has 4 aromatic carbocycles. The van der Waals surface area contributed by atoms with Crippen molar-refractivity contribution in [2.75, 3.05) is 0 Å². The molecule has 4 aromatic rings. The molecule has 0 saturated carbocycles. The zero-order valence-electron chi connectivity index (χ0n) is 31.3. The zero-order valence-corrected chi connectivity index (χ0v) is 33.5. The summed E-state index contributed by atoms with van der Waals surface area (Å²) in [6.45, 7) is 25.6. The van der Waals surface area contributed by atoms with Crippen LogP contribution >= 0.6 is 22.6 Å². The lowest BCUT2D eigenvalue weighted by Gasteiger charge is -2.36. The summed E-state index contributed by atoms with van der Waals surface area (Å²) in [5.74, 6) is 0.451. The number of aryl methyl sites for hydroxylation is 9. The summed E-state index contributed by atoms with van der Waals surface area (Å²) in [4.78, 5) is 0. The molecule has 2 aliphatic carbocycles. The van der Waals surface area contributed by atoms with Crippen LogP contribution in [0.5, 0.6) is 0 Å². The maximum atomic E-state index is 2.62. The normalized spacial score (nSPS) is 17.8. The van der Waals surface area contributed by atoms with Crippen molar-refractivity contribution in [1.82, 2.24) is 0 Å². The van der Waals surface area contributed by atoms with Crippen molar-refractivity contribution in [2.24, 2.45) is 5.41 Å². The van der Waals surface area contributed by atoms with Gasteiger partial charge in [-0.2, -0.15) is 0 Å². The molecule has 2 atom stereocenters. The van der Waals surface area contributed by atoms with Crippen molar-refractivity contribution in [3.8, 4) is 0 Å². The van der Waals surface area contributed by atoms with Gasteiger partial charge in [-0.3, -0.25) is 0 Å². The largest absolute Gasteiger partial charge is 0.0812 e. The van der Waals surface area contributed by atoms with Crippen molar-refractivity contribution in [2.45, 2.75) is 118 Å². The Labute approximate surface area is 305 Å². The van der Waals surface area contributed by atoms with E-state index in [9.17, 15) is 0 Å². The van der Waals surface area contributed by atoms with Gasteiger partial charge in [-0.1, -0.05) is 115 Å². The van der Waals surface area contributed by atoms with E-state index in [-0.39, 0.29) is 17.3 Å². The molecule has 0 bridgehead atoms. The Kier molecular flexibility index (Phi) is 9.77. The smallest absolute Gasteiger partial charge is 0.0345 e. The summed E-state index contributed by atoms with van der Waals surface area (Å²) >= 11 is 2.57. The third-order valence-corrected chi connectivity index (χ3v) is 12.9. The van der Waals surface area contributed by atoms with Gasteiger partial charge in [0.15, 0.2) is 0 Å². The number of alkyl halides is 1. The summed E-state index contributed by atoms with van der Waals surface area (Å²) in [6, 6.07) is 22.5. The molecule has 0 aromatic heterocycles. The monoisotopic (exact) mass is 746 g/mol. The lowest BCUT2D eigenvalue weighted by molar-refractivity contribution is 0.419. The number of allylic oxidation sites excluding steroid dienone is 4. The first kappa shape index (κ1) is 34.9. The van der Waals surface area contributed by atoms with E-state index in [4.69, 9.17) is 0 Å². The minimum absolute atomic E-state index is 0.190. The molecule has 0 radical (unpaired) electrons. The van der Waals surface area contributed by atoms with Gasteiger partial charge in [0.25, 0.3) is 0 Å². The van der Waals surface area contributed by atoms with Crippen LogP contribution in [-0.4, -0.2) is 0 Å². The molecule has 0 nitrogen and oxygen atoms in total. The minimum atomic E-state index is 0.190. The fourth-order valence-corrected chi connectivity index (χ4v) is 9.52. The van der Waals surface area contributed by atoms with Gasteiger partial charge in [-0.25, -0.2) is 0 Å². The topological polar surface area (TPSA) is 0 Å². The van der Waals surface area contributed by atoms with Gasteiger partial charge >= 0.3 is 0 Å². The second-order valence-corrected chi connectivity index (χ2v) is 16.6. The van der Waals surface area contributed by atoms with E-state index in [1.165, 1.54) is 89.0 Å². The summed E-state index contributed by atoms with van der Waals surface area (Å²) in [5, 5.41) is 0. The Balaban J connectivity index is 1.61. The highest BCUT2D eigenvalue weighted by Gasteiger charge is 2.34. The van der Waals surface area contributed by atoms with Crippen molar-refractivity contribution in [3.05, 3.63) is 161 Å². The van der Waals surface area contributed by atoms with Gasteiger partial charge in [-0.15, -0.1) is 0 Å².